The lowest BCUT2D eigenvalue weighted by Crippen LogP contribution is -2.01. The summed E-state index contributed by atoms with van der Waals surface area (Å²) in [4.78, 5) is -0.330. The molecule has 0 unspecified atom stereocenters. The van der Waals surface area contributed by atoms with Gasteiger partial charge in [-0.15, -0.1) is 0 Å². The highest BCUT2D eigenvalue weighted by atomic mass is 32.2. The van der Waals surface area contributed by atoms with Crippen molar-refractivity contribution in [2.24, 2.45) is 0 Å². The first-order chi connectivity index (χ1) is 13.9. The second kappa shape index (κ2) is 11.8. The van der Waals surface area contributed by atoms with Crippen molar-refractivity contribution in [1.82, 2.24) is 0 Å². The number of hydrogen-bond acceptors (Lipinski definition) is 4. The van der Waals surface area contributed by atoms with Gasteiger partial charge in [0, 0.05) is 0 Å². The SMILES string of the molecule is CCCCCCCCCCCc1ccc(O)c(Oc2ccccc2S(=O)(=O)O)c1. The first kappa shape index (κ1) is 23.2. The molecule has 0 heterocycles. The summed E-state index contributed by atoms with van der Waals surface area (Å²) >= 11 is 0. The van der Waals surface area contributed by atoms with Gasteiger partial charge in [-0.3, -0.25) is 4.55 Å². The van der Waals surface area contributed by atoms with Crippen molar-refractivity contribution in [3.8, 4) is 17.2 Å². The van der Waals surface area contributed by atoms with Crippen molar-refractivity contribution < 1.29 is 22.8 Å². The predicted octanol–water partition coefficient (Wildman–Crippen LogP) is 6.50. The molecule has 0 fully saturated rings. The number of unbranched alkanes of at least 4 members (excludes halogenated alkanes) is 8. The molecular weight excluding hydrogens is 388 g/mol. The molecular formula is C23H32O5S. The first-order valence-electron chi connectivity index (χ1n) is 10.5. The molecule has 0 aromatic heterocycles. The summed E-state index contributed by atoms with van der Waals surface area (Å²) < 4.78 is 38.0. The molecule has 5 nitrogen and oxygen atoms in total. The average molecular weight is 421 g/mol. The molecule has 0 saturated carbocycles. The largest absolute Gasteiger partial charge is 0.504 e. The van der Waals surface area contributed by atoms with Crippen LogP contribution in [-0.2, 0) is 16.5 Å². The van der Waals surface area contributed by atoms with Gasteiger partial charge >= 0.3 is 0 Å². The zero-order chi connectivity index (χ0) is 21.1. The number of aryl methyl sites for hydroxylation is 1. The highest BCUT2D eigenvalue weighted by Crippen LogP contribution is 2.35. The van der Waals surface area contributed by atoms with Crippen LogP contribution < -0.4 is 4.74 Å². The third kappa shape index (κ3) is 8.07. The molecule has 2 aromatic rings. The van der Waals surface area contributed by atoms with Gasteiger partial charge in [-0.2, -0.15) is 8.42 Å². The summed E-state index contributed by atoms with van der Waals surface area (Å²) in [6.45, 7) is 2.23. The van der Waals surface area contributed by atoms with Crippen LogP contribution in [-0.4, -0.2) is 18.1 Å². The number of hydrogen-bond donors (Lipinski definition) is 2. The number of rotatable bonds is 13. The lowest BCUT2D eigenvalue weighted by molar-refractivity contribution is 0.401. The second-order valence-electron chi connectivity index (χ2n) is 7.40. The van der Waals surface area contributed by atoms with Crippen molar-refractivity contribution in [3.63, 3.8) is 0 Å². The van der Waals surface area contributed by atoms with Crippen LogP contribution in [0.15, 0.2) is 47.4 Å². The summed E-state index contributed by atoms with van der Waals surface area (Å²) in [5.41, 5.74) is 1.02. The molecule has 2 rings (SSSR count). The topological polar surface area (TPSA) is 83.8 Å². The molecule has 2 N–H and O–H groups in total. The van der Waals surface area contributed by atoms with Crippen LogP contribution in [0.25, 0.3) is 0 Å². The van der Waals surface area contributed by atoms with Gasteiger partial charge in [0.05, 0.1) is 0 Å². The van der Waals surface area contributed by atoms with E-state index >= 15 is 0 Å². The van der Waals surface area contributed by atoms with Gasteiger partial charge in [0.25, 0.3) is 10.1 Å². The molecule has 0 atom stereocenters. The Morgan fingerprint density at radius 1 is 0.828 bits per heavy atom. The number of ether oxygens (including phenoxy) is 1. The summed E-state index contributed by atoms with van der Waals surface area (Å²) in [5.74, 6) is 0.0750. The fourth-order valence-corrected chi connectivity index (χ4v) is 3.92. The second-order valence-corrected chi connectivity index (χ2v) is 8.79. The van der Waals surface area contributed by atoms with Crippen LogP contribution in [0.4, 0.5) is 0 Å². The number of benzene rings is 2. The zero-order valence-electron chi connectivity index (χ0n) is 17.1. The molecule has 0 radical (unpaired) electrons. The Kier molecular flexibility index (Phi) is 9.48. The van der Waals surface area contributed by atoms with E-state index in [9.17, 15) is 18.1 Å². The van der Waals surface area contributed by atoms with E-state index in [1.165, 1.54) is 63.1 Å². The lowest BCUT2D eigenvalue weighted by Gasteiger charge is -2.12. The minimum atomic E-state index is -4.41. The van der Waals surface area contributed by atoms with Crippen molar-refractivity contribution in [1.29, 1.82) is 0 Å². The molecule has 0 saturated heterocycles. The van der Waals surface area contributed by atoms with Crippen molar-refractivity contribution in [3.05, 3.63) is 48.0 Å². The van der Waals surface area contributed by atoms with E-state index < -0.39 is 10.1 Å². The smallest absolute Gasteiger partial charge is 0.298 e. The number of para-hydroxylation sites is 1. The zero-order valence-corrected chi connectivity index (χ0v) is 18.0. The molecule has 0 aliphatic carbocycles. The predicted molar refractivity (Wildman–Crippen MR) is 115 cm³/mol. The first-order valence-corrected chi connectivity index (χ1v) is 11.9. The van der Waals surface area contributed by atoms with Gasteiger partial charge in [-0.1, -0.05) is 76.5 Å². The molecule has 160 valence electrons. The maximum atomic E-state index is 11.5. The molecule has 2 aromatic carbocycles. The van der Waals surface area contributed by atoms with Gasteiger partial charge < -0.3 is 9.84 Å². The van der Waals surface area contributed by atoms with Crippen LogP contribution in [0.1, 0.15) is 70.3 Å². The van der Waals surface area contributed by atoms with E-state index in [0.717, 1.165) is 24.8 Å². The molecule has 29 heavy (non-hydrogen) atoms. The Bertz CT molecular complexity index is 861. The Balaban J connectivity index is 1.88. The van der Waals surface area contributed by atoms with Gasteiger partial charge in [0.2, 0.25) is 0 Å². The lowest BCUT2D eigenvalue weighted by atomic mass is 10.0. The number of aromatic hydroxyl groups is 1. The van der Waals surface area contributed by atoms with Gasteiger partial charge in [-0.25, -0.2) is 0 Å². The Morgan fingerprint density at radius 3 is 2.10 bits per heavy atom. The summed E-state index contributed by atoms with van der Waals surface area (Å²) in [7, 11) is -4.41. The minimum Gasteiger partial charge on any atom is -0.504 e. The minimum absolute atomic E-state index is 0.0227. The maximum Gasteiger partial charge on any atom is 0.298 e. The van der Waals surface area contributed by atoms with Gasteiger partial charge in [-0.05, 0) is 42.7 Å². The van der Waals surface area contributed by atoms with E-state index in [-0.39, 0.29) is 22.1 Å². The number of phenolic OH excluding ortho intramolecular Hbond substituents is 1. The number of phenols is 1. The summed E-state index contributed by atoms with van der Waals surface area (Å²) in [6.07, 6.45) is 12.2. The standard InChI is InChI=1S/C23H32O5S/c1-2-3-4-5-6-7-8-9-10-13-19-16-17-20(24)22(18-19)28-21-14-11-12-15-23(21)29(25,26)27/h11-12,14-18,24H,2-10,13H2,1H3,(H,25,26,27). The third-order valence-electron chi connectivity index (χ3n) is 4.94. The molecule has 0 amide bonds. The molecule has 6 heteroatoms. The van der Waals surface area contributed by atoms with Crippen molar-refractivity contribution in [2.45, 2.75) is 76.0 Å². The van der Waals surface area contributed by atoms with Gasteiger partial charge in [0.1, 0.15) is 10.6 Å². The van der Waals surface area contributed by atoms with Crippen molar-refractivity contribution in [2.75, 3.05) is 0 Å². The monoisotopic (exact) mass is 420 g/mol. The highest BCUT2D eigenvalue weighted by molar-refractivity contribution is 7.86. The average Bonchev–Trinajstić information content (AvgIpc) is 2.68. The molecule has 0 bridgehead atoms. The van der Waals surface area contributed by atoms with E-state index in [1.807, 2.05) is 6.07 Å². The van der Waals surface area contributed by atoms with E-state index in [0.29, 0.717) is 0 Å². The highest BCUT2D eigenvalue weighted by Gasteiger charge is 2.17. The van der Waals surface area contributed by atoms with Crippen LogP contribution in [0, 0.1) is 0 Å². The molecule has 0 aliphatic rings. The van der Waals surface area contributed by atoms with Crippen LogP contribution in [0.3, 0.4) is 0 Å². The van der Waals surface area contributed by atoms with Crippen LogP contribution in [0.2, 0.25) is 0 Å². The third-order valence-corrected chi connectivity index (χ3v) is 5.83. The van der Waals surface area contributed by atoms with Crippen LogP contribution in [0.5, 0.6) is 17.2 Å². The van der Waals surface area contributed by atoms with Gasteiger partial charge in [0.15, 0.2) is 11.5 Å². The maximum absolute atomic E-state index is 11.5. The Hall–Kier alpha value is -2.05. The Labute approximate surface area is 174 Å². The normalized spacial score (nSPS) is 11.5. The Morgan fingerprint density at radius 2 is 1.45 bits per heavy atom. The van der Waals surface area contributed by atoms with Crippen molar-refractivity contribution >= 4 is 10.1 Å². The van der Waals surface area contributed by atoms with Crippen LogP contribution >= 0.6 is 0 Å². The van der Waals surface area contributed by atoms with E-state index in [4.69, 9.17) is 4.74 Å². The fraction of sp³-hybridized carbons (Fsp3) is 0.478. The van der Waals surface area contributed by atoms with E-state index in [2.05, 4.69) is 6.92 Å². The van der Waals surface area contributed by atoms with E-state index in [1.54, 1.807) is 18.2 Å². The fourth-order valence-electron chi connectivity index (χ4n) is 3.30. The summed E-state index contributed by atoms with van der Waals surface area (Å²) in [6, 6.07) is 10.9. The quantitative estimate of drug-likeness (QED) is 0.285. The summed E-state index contributed by atoms with van der Waals surface area (Å²) in [5, 5.41) is 10.1. The molecule has 0 aliphatic heterocycles. The molecule has 0 spiro atoms.